The smallest absolute Gasteiger partial charge is 0.221 e. The summed E-state index contributed by atoms with van der Waals surface area (Å²) in [5, 5.41) is 15.2. The summed E-state index contributed by atoms with van der Waals surface area (Å²) in [5.41, 5.74) is 0.972. The van der Waals surface area contributed by atoms with Crippen LogP contribution >= 0.6 is 0 Å². The third kappa shape index (κ3) is 3.92. The van der Waals surface area contributed by atoms with Crippen molar-refractivity contribution in [2.45, 2.75) is 44.8 Å². The zero-order valence-electron chi connectivity index (χ0n) is 10.9. The van der Waals surface area contributed by atoms with Crippen LogP contribution in [-0.4, -0.2) is 23.2 Å². The van der Waals surface area contributed by atoms with Gasteiger partial charge in [-0.2, -0.15) is 0 Å². The quantitative estimate of drug-likeness (QED) is 0.787. The Balaban J connectivity index is 2.02. The zero-order valence-corrected chi connectivity index (χ0v) is 10.9. The van der Waals surface area contributed by atoms with Crippen LogP contribution in [0.15, 0.2) is 18.2 Å². The molecule has 5 heteroatoms. The molecule has 1 saturated carbocycles. The SMILES string of the molecule is CC(=O)Nc1cc(NC2CCC(O)CC2)ccc1F. The van der Waals surface area contributed by atoms with Gasteiger partial charge in [-0.25, -0.2) is 4.39 Å². The van der Waals surface area contributed by atoms with Gasteiger partial charge >= 0.3 is 0 Å². The molecule has 1 aromatic rings. The normalized spacial score (nSPS) is 22.9. The van der Waals surface area contributed by atoms with Crippen LogP contribution in [0.5, 0.6) is 0 Å². The van der Waals surface area contributed by atoms with Crippen molar-refractivity contribution in [3.63, 3.8) is 0 Å². The van der Waals surface area contributed by atoms with Gasteiger partial charge in [0.15, 0.2) is 0 Å². The summed E-state index contributed by atoms with van der Waals surface area (Å²) in [7, 11) is 0. The molecule has 0 spiro atoms. The number of rotatable bonds is 3. The maximum Gasteiger partial charge on any atom is 0.221 e. The van der Waals surface area contributed by atoms with Gasteiger partial charge in [-0.05, 0) is 43.9 Å². The molecule has 0 saturated heterocycles. The first-order valence-corrected chi connectivity index (χ1v) is 6.56. The molecule has 0 heterocycles. The standard InChI is InChI=1S/C14H19FN2O2/c1-9(18)16-14-8-11(4-7-13(14)15)17-10-2-5-12(19)6-3-10/h4,7-8,10,12,17,19H,2-3,5-6H2,1H3,(H,16,18). The Bertz CT molecular complexity index is 457. The molecule has 0 atom stereocenters. The Morgan fingerprint density at radius 3 is 2.63 bits per heavy atom. The number of hydrogen-bond acceptors (Lipinski definition) is 3. The van der Waals surface area contributed by atoms with Gasteiger partial charge in [0, 0.05) is 18.7 Å². The number of carbonyl (C=O) groups excluding carboxylic acids is 1. The van der Waals surface area contributed by atoms with Gasteiger partial charge in [0.1, 0.15) is 5.82 Å². The second-order valence-corrected chi connectivity index (χ2v) is 5.03. The van der Waals surface area contributed by atoms with Crippen LogP contribution in [0.3, 0.4) is 0 Å². The highest BCUT2D eigenvalue weighted by atomic mass is 19.1. The van der Waals surface area contributed by atoms with Gasteiger partial charge in [0.2, 0.25) is 5.91 Å². The minimum Gasteiger partial charge on any atom is -0.393 e. The van der Waals surface area contributed by atoms with Crippen LogP contribution in [0, 0.1) is 5.82 Å². The minimum absolute atomic E-state index is 0.188. The molecule has 0 unspecified atom stereocenters. The predicted octanol–water partition coefficient (Wildman–Crippen LogP) is 2.50. The topological polar surface area (TPSA) is 61.4 Å². The first-order valence-electron chi connectivity index (χ1n) is 6.56. The van der Waals surface area contributed by atoms with Crippen molar-refractivity contribution in [3.05, 3.63) is 24.0 Å². The van der Waals surface area contributed by atoms with Gasteiger partial charge in [-0.15, -0.1) is 0 Å². The van der Waals surface area contributed by atoms with E-state index in [0.29, 0.717) is 6.04 Å². The van der Waals surface area contributed by atoms with E-state index in [1.54, 1.807) is 12.1 Å². The summed E-state index contributed by atoms with van der Waals surface area (Å²) in [6.45, 7) is 1.35. The average molecular weight is 266 g/mol. The summed E-state index contributed by atoms with van der Waals surface area (Å²) < 4.78 is 13.5. The summed E-state index contributed by atoms with van der Waals surface area (Å²) in [4.78, 5) is 11.0. The molecule has 4 nitrogen and oxygen atoms in total. The van der Waals surface area contributed by atoms with Crippen molar-refractivity contribution >= 4 is 17.3 Å². The maximum atomic E-state index is 13.5. The lowest BCUT2D eigenvalue weighted by molar-refractivity contribution is -0.114. The fraction of sp³-hybridized carbons (Fsp3) is 0.500. The Morgan fingerprint density at radius 1 is 1.32 bits per heavy atom. The molecule has 1 fully saturated rings. The minimum atomic E-state index is -0.445. The first kappa shape index (κ1) is 13.8. The molecule has 1 aliphatic carbocycles. The maximum absolute atomic E-state index is 13.5. The van der Waals surface area contributed by atoms with E-state index in [-0.39, 0.29) is 17.7 Å². The molecule has 1 amide bonds. The molecule has 2 rings (SSSR count). The highest BCUT2D eigenvalue weighted by Gasteiger charge is 2.19. The first-order chi connectivity index (χ1) is 9.04. The predicted molar refractivity (Wildman–Crippen MR) is 72.6 cm³/mol. The van der Waals surface area contributed by atoms with E-state index < -0.39 is 5.82 Å². The largest absolute Gasteiger partial charge is 0.393 e. The Kier molecular flexibility index (Phi) is 4.37. The molecule has 0 aromatic heterocycles. The van der Waals surface area contributed by atoms with Crippen molar-refractivity contribution in [1.82, 2.24) is 0 Å². The second kappa shape index (κ2) is 6.02. The number of halogens is 1. The van der Waals surface area contributed by atoms with E-state index in [2.05, 4.69) is 10.6 Å². The van der Waals surface area contributed by atoms with Gasteiger partial charge in [-0.3, -0.25) is 4.79 Å². The highest BCUT2D eigenvalue weighted by molar-refractivity contribution is 5.89. The number of hydrogen-bond donors (Lipinski definition) is 3. The Hall–Kier alpha value is -1.62. The van der Waals surface area contributed by atoms with Crippen molar-refractivity contribution < 1.29 is 14.3 Å². The number of carbonyl (C=O) groups is 1. The van der Waals surface area contributed by atoms with E-state index in [1.807, 2.05) is 0 Å². The lowest BCUT2D eigenvalue weighted by atomic mass is 9.93. The van der Waals surface area contributed by atoms with E-state index >= 15 is 0 Å². The van der Waals surface area contributed by atoms with Crippen LogP contribution in [0.25, 0.3) is 0 Å². The molecule has 0 aliphatic heterocycles. The number of benzene rings is 1. The highest BCUT2D eigenvalue weighted by Crippen LogP contribution is 2.25. The summed E-state index contributed by atoms with van der Waals surface area (Å²) in [5.74, 6) is -0.739. The van der Waals surface area contributed by atoms with Crippen LogP contribution in [0.4, 0.5) is 15.8 Å². The molecule has 19 heavy (non-hydrogen) atoms. The zero-order chi connectivity index (χ0) is 13.8. The van der Waals surface area contributed by atoms with Gasteiger partial charge in [-0.1, -0.05) is 0 Å². The van der Waals surface area contributed by atoms with Crippen molar-refractivity contribution in [1.29, 1.82) is 0 Å². The van der Waals surface area contributed by atoms with Crippen LogP contribution < -0.4 is 10.6 Å². The van der Waals surface area contributed by atoms with Gasteiger partial charge in [0.05, 0.1) is 11.8 Å². The van der Waals surface area contributed by atoms with E-state index in [4.69, 9.17) is 0 Å². The molecule has 3 N–H and O–H groups in total. The van der Waals surface area contributed by atoms with Gasteiger partial charge < -0.3 is 15.7 Å². The third-order valence-electron chi connectivity index (χ3n) is 3.34. The number of aliphatic hydroxyl groups excluding tert-OH is 1. The molecule has 104 valence electrons. The van der Waals surface area contributed by atoms with Crippen LogP contribution in [0.1, 0.15) is 32.6 Å². The number of amides is 1. The van der Waals surface area contributed by atoms with Crippen molar-refractivity contribution in [2.75, 3.05) is 10.6 Å². The lowest BCUT2D eigenvalue weighted by Crippen LogP contribution is -2.28. The third-order valence-corrected chi connectivity index (χ3v) is 3.34. The summed E-state index contributed by atoms with van der Waals surface area (Å²) in [6, 6.07) is 4.89. The molecular formula is C14H19FN2O2. The Labute approximate surface area is 112 Å². The molecule has 1 aliphatic rings. The van der Waals surface area contributed by atoms with E-state index in [0.717, 1.165) is 31.4 Å². The average Bonchev–Trinajstić information content (AvgIpc) is 2.36. The summed E-state index contributed by atoms with van der Waals surface area (Å²) >= 11 is 0. The van der Waals surface area contributed by atoms with Crippen molar-refractivity contribution in [3.8, 4) is 0 Å². The molecule has 0 bridgehead atoms. The van der Waals surface area contributed by atoms with Gasteiger partial charge in [0.25, 0.3) is 0 Å². The number of aliphatic hydroxyl groups is 1. The number of anilines is 2. The van der Waals surface area contributed by atoms with Crippen molar-refractivity contribution in [2.24, 2.45) is 0 Å². The molecule has 1 aromatic carbocycles. The molecular weight excluding hydrogens is 247 g/mol. The summed E-state index contributed by atoms with van der Waals surface area (Å²) in [6.07, 6.45) is 3.18. The fourth-order valence-electron chi connectivity index (χ4n) is 2.36. The Morgan fingerprint density at radius 2 is 2.00 bits per heavy atom. The number of nitrogens with one attached hydrogen (secondary N) is 2. The van der Waals surface area contributed by atoms with Crippen LogP contribution in [-0.2, 0) is 4.79 Å². The fourth-order valence-corrected chi connectivity index (χ4v) is 2.36. The van der Waals surface area contributed by atoms with E-state index in [1.165, 1.54) is 13.0 Å². The van der Waals surface area contributed by atoms with E-state index in [9.17, 15) is 14.3 Å². The van der Waals surface area contributed by atoms with Crippen LogP contribution in [0.2, 0.25) is 0 Å². The monoisotopic (exact) mass is 266 g/mol. The lowest BCUT2D eigenvalue weighted by Gasteiger charge is -2.27. The molecule has 0 radical (unpaired) electrons. The second-order valence-electron chi connectivity index (χ2n) is 5.03.